The first-order valence-electron chi connectivity index (χ1n) is 6.37. The first kappa shape index (κ1) is 12.3. The monoisotopic (exact) mass is 231 g/mol. The standard InChI is InChI=1S/C15H21NO/c1-2-10-16-11-8-14(9-12-16)15(17)13-6-4-3-5-7-13/h2-7,14-15,17H,1,8-12H2/t15-/m1/s1. The molecule has 1 aliphatic rings. The van der Waals surface area contributed by atoms with Crippen LogP contribution in [0.3, 0.4) is 0 Å². The van der Waals surface area contributed by atoms with Crippen molar-refractivity contribution in [3.05, 3.63) is 48.6 Å². The molecule has 0 spiro atoms. The first-order valence-corrected chi connectivity index (χ1v) is 6.37. The van der Waals surface area contributed by atoms with Crippen molar-refractivity contribution >= 4 is 0 Å². The van der Waals surface area contributed by atoms with Crippen molar-refractivity contribution in [2.45, 2.75) is 18.9 Å². The van der Waals surface area contributed by atoms with E-state index in [-0.39, 0.29) is 6.10 Å². The summed E-state index contributed by atoms with van der Waals surface area (Å²) in [6.07, 6.45) is 3.80. The van der Waals surface area contributed by atoms with Gasteiger partial charge in [0.1, 0.15) is 0 Å². The smallest absolute Gasteiger partial charge is 0.0819 e. The molecule has 0 saturated carbocycles. The predicted molar refractivity (Wildman–Crippen MR) is 70.8 cm³/mol. The first-order chi connectivity index (χ1) is 8.31. The Labute approximate surface area is 104 Å². The molecule has 1 heterocycles. The van der Waals surface area contributed by atoms with Crippen molar-refractivity contribution in [1.29, 1.82) is 0 Å². The van der Waals surface area contributed by atoms with Crippen LogP contribution in [0.5, 0.6) is 0 Å². The Kier molecular flexibility index (Phi) is 4.35. The Balaban J connectivity index is 1.90. The normalized spacial score (nSPS) is 20.1. The van der Waals surface area contributed by atoms with Gasteiger partial charge in [-0.2, -0.15) is 0 Å². The molecule has 1 atom stereocenters. The van der Waals surface area contributed by atoms with Crippen LogP contribution in [0.1, 0.15) is 24.5 Å². The molecule has 1 saturated heterocycles. The molecule has 17 heavy (non-hydrogen) atoms. The van der Waals surface area contributed by atoms with Crippen LogP contribution in [-0.4, -0.2) is 29.6 Å². The number of piperidine rings is 1. The quantitative estimate of drug-likeness (QED) is 0.805. The molecule has 1 aromatic rings. The fraction of sp³-hybridized carbons (Fsp3) is 0.467. The summed E-state index contributed by atoms with van der Waals surface area (Å²) in [4.78, 5) is 2.39. The van der Waals surface area contributed by atoms with Crippen LogP contribution in [0.25, 0.3) is 0 Å². The van der Waals surface area contributed by atoms with Gasteiger partial charge in [0.05, 0.1) is 6.10 Å². The number of likely N-dealkylation sites (tertiary alicyclic amines) is 1. The van der Waals surface area contributed by atoms with E-state index in [0.29, 0.717) is 5.92 Å². The maximum absolute atomic E-state index is 10.3. The third-order valence-corrected chi connectivity index (χ3v) is 3.61. The van der Waals surface area contributed by atoms with Gasteiger partial charge in [0, 0.05) is 6.54 Å². The average molecular weight is 231 g/mol. The topological polar surface area (TPSA) is 23.5 Å². The Hall–Kier alpha value is -1.12. The summed E-state index contributed by atoms with van der Waals surface area (Å²) in [5, 5.41) is 10.3. The van der Waals surface area contributed by atoms with Crippen molar-refractivity contribution in [1.82, 2.24) is 4.90 Å². The highest BCUT2D eigenvalue weighted by atomic mass is 16.3. The predicted octanol–water partition coefficient (Wildman–Crippen LogP) is 2.62. The average Bonchev–Trinajstić information content (AvgIpc) is 2.40. The lowest BCUT2D eigenvalue weighted by Gasteiger charge is -2.33. The molecule has 2 heteroatoms. The SMILES string of the molecule is C=CCN1CCC([C@H](O)c2ccccc2)CC1. The molecule has 1 N–H and O–H groups in total. The molecule has 1 aromatic carbocycles. The second kappa shape index (κ2) is 5.99. The number of aliphatic hydroxyl groups excluding tert-OH is 1. The van der Waals surface area contributed by atoms with Gasteiger partial charge >= 0.3 is 0 Å². The molecule has 0 radical (unpaired) electrons. The lowest BCUT2D eigenvalue weighted by Crippen LogP contribution is -2.35. The molecule has 0 aliphatic carbocycles. The van der Waals surface area contributed by atoms with E-state index in [1.807, 2.05) is 36.4 Å². The van der Waals surface area contributed by atoms with Crippen LogP contribution < -0.4 is 0 Å². The van der Waals surface area contributed by atoms with Gasteiger partial charge in [-0.05, 0) is 37.4 Å². The fourth-order valence-electron chi connectivity index (χ4n) is 2.56. The number of nitrogens with zero attached hydrogens (tertiary/aromatic N) is 1. The zero-order valence-corrected chi connectivity index (χ0v) is 10.3. The van der Waals surface area contributed by atoms with Crippen LogP contribution in [0.2, 0.25) is 0 Å². The summed E-state index contributed by atoms with van der Waals surface area (Å²) in [5.41, 5.74) is 1.05. The van der Waals surface area contributed by atoms with Crippen LogP contribution in [0, 0.1) is 5.92 Å². The summed E-state index contributed by atoms with van der Waals surface area (Å²) >= 11 is 0. The molecule has 0 bridgehead atoms. The summed E-state index contributed by atoms with van der Waals surface area (Å²) in [6.45, 7) is 6.87. The van der Waals surface area contributed by atoms with Crippen LogP contribution in [-0.2, 0) is 0 Å². The minimum absolute atomic E-state index is 0.304. The summed E-state index contributed by atoms with van der Waals surface area (Å²) in [7, 11) is 0. The van der Waals surface area contributed by atoms with Gasteiger partial charge < -0.3 is 5.11 Å². The van der Waals surface area contributed by atoms with E-state index >= 15 is 0 Å². The fourth-order valence-corrected chi connectivity index (χ4v) is 2.56. The Morgan fingerprint density at radius 1 is 1.29 bits per heavy atom. The highest BCUT2D eigenvalue weighted by molar-refractivity contribution is 5.18. The van der Waals surface area contributed by atoms with Crippen molar-refractivity contribution in [3.8, 4) is 0 Å². The minimum atomic E-state index is -0.304. The van der Waals surface area contributed by atoms with Gasteiger partial charge in [0.15, 0.2) is 0 Å². The zero-order valence-electron chi connectivity index (χ0n) is 10.3. The lowest BCUT2D eigenvalue weighted by molar-refractivity contribution is 0.0621. The number of hydrogen-bond donors (Lipinski definition) is 1. The highest BCUT2D eigenvalue weighted by Gasteiger charge is 2.25. The van der Waals surface area contributed by atoms with E-state index in [9.17, 15) is 5.11 Å². The number of rotatable bonds is 4. The van der Waals surface area contributed by atoms with E-state index in [1.54, 1.807) is 0 Å². The summed E-state index contributed by atoms with van der Waals surface area (Å²) in [5.74, 6) is 0.401. The summed E-state index contributed by atoms with van der Waals surface area (Å²) < 4.78 is 0. The molecule has 0 aromatic heterocycles. The lowest BCUT2D eigenvalue weighted by atomic mass is 9.87. The molecule has 1 fully saturated rings. The maximum Gasteiger partial charge on any atom is 0.0819 e. The largest absolute Gasteiger partial charge is 0.388 e. The van der Waals surface area contributed by atoms with Crippen LogP contribution in [0.15, 0.2) is 43.0 Å². The minimum Gasteiger partial charge on any atom is -0.388 e. The number of hydrogen-bond acceptors (Lipinski definition) is 2. The van der Waals surface area contributed by atoms with Gasteiger partial charge in [-0.15, -0.1) is 6.58 Å². The summed E-state index contributed by atoms with van der Waals surface area (Å²) in [6, 6.07) is 10.0. The highest BCUT2D eigenvalue weighted by Crippen LogP contribution is 2.30. The number of aliphatic hydroxyl groups is 1. The molecule has 1 aliphatic heterocycles. The molecular weight excluding hydrogens is 210 g/mol. The molecule has 0 amide bonds. The second-order valence-electron chi connectivity index (χ2n) is 4.78. The van der Waals surface area contributed by atoms with Gasteiger partial charge in [0.2, 0.25) is 0 Å². The van der Waals surface area contributed by atoms with E-state index in [1.165, 1.54) is 0 Å². The van der Waals surface area contributed by atoms with Gasteiger partial charge in [-0.3, -0.25) is 4.90 Å². The Morgan fingerprint density at radius 2 is 1.94 bits per heavy atom. The van der Waals surface area contributed by atoms with E-state index < -0.39 is 0 Å². The van der Waals surface area contributed by atoms with E-state index in [2.05, 4.69) is 11.5 Å². The van der Waals surface area contributed by atoms with Crippen LogP contribution in [0.4, 0.5) is 0 Å². The Bertz CT molecular complexity index is 341. The van der Waals surface area contributed by atoms with Crippen molar-refractivity contribution in [3.63, 3.8) is 0 Å². The van der Waals surface area contributed by atoms with Crippen molar-refractivity contribution < 1.29 is 5.11 Å². The third kappa shape index (κ3) is 3.18. The zero-order chi connectivity index (χ0) is 12.1. The molecule has 2 rings (SSSR count). The van der Waals surface area contributed by atoms with Gasteiger partial charge in [0.25, 0.3) is 0 Å². The number of benzene rings is 1. The molecule has 2 nitrogen and oxygen atoms in total. The third-order valence-electron chi connectivity index (χ3n) is 3.61. The van der Waals surface area contributed by atoms with Crippen molar-refractivity contribution in [2.24, 2.45) is 5.92 Å². The molecular formula is C15H21NO. The van der Waals surface area contributed by atoms with Gasteiger partial charge in [-0.1, -0.05) is 36.4 Å². The van der Waals surface area contributed by atoms with E-state index in [4.69, 9.17) is 0 Å². The second-order valence-corrected chi connectivity index (χ2v) is 4.78. The van der Waals surface area contributed by atoms with Gasteiger partial charge in [-0.25, -0.2) is 0 Å². The maximum atomic E-state index is 10.3. The molecule has 92 valence electrons. The van der Waals surface area contributed by atoms with Crippen molar-refractivity contribution in [2.75, 3.05) is 19.6 Å². The molecule has 0 unspecified atom stereocenters. The van der Waals surface area contributed by atoms with E-state index in [0.717, 1.165) is 38.0 Å². The Morgan fingerprint density at radius 3 is 2.53 bits per heavy atom. The van der Waals surface area contributed by atoms with Crippen LogP contribution >= 0.6 is 0 Å².